The summed E-state index contributed by atoms with van der Waals surface area (Å²) >= 11 is 0. The summed E-state index contributed by atoms with van der Waals surface area (Å²) in [6.07, 6.45) is 1.65. The summed E-state index contributed by atoms with van der Waals surface area (Å²) in [5.41, 5.74) is 0.283. The minimum absolute atomic E-state index is 0.165. The molecule has 0 amide bonds. The van der Waals surface area contributed by atoms with E-state index in [1.807, 2.05) is 6.92 Å². The molecule has 0 fully saturated rings. The Balaban J connectivity index is 2.52. The van der Waals surface area contributed by atoms with E-state index in [0.29, 0.717) is 12.0 Å². The highest BCUT2D eigenvalue weighted by molar-refractivity contribution is 5.86. The zero-order valence-electron chi connectivity index (χ0n) is 10.9. The number of halogens is 3. The van der Waals surface area contributed by atoms with Gasteiger partial charge in [0.25, 0.3) is 0 Å². The van der Waals surface area contributed by atoms with E-state index < -0.39 is 17.5 Å². The van der Waals surface area contributed by atoms with Crippen LogP contribution in [-0.2, 0) is 0 Å². The predicted octanol–water partition coefficient (Wildman–Crippen LogP) is 4.74. The number of rotatable bonds is 4. The number of hydrogen-bond donors (Lipinski definition) is 0. The highest BCUT2D eigenvalue weighted by atomic mass is 19.2. The van der Waals surface area contributed by atoms with Gasteiger partial charge in [0.1, 0.15) is 5.82 Å². The molecule has 0 aliphatic rings. The zero-order chi connectivity index (χ0) is 14.0. The van der Waals surface area contributed by atoms with Gasteiger partial charge in [0.2, 0.25) is 5.82 Å². The third-order valence-electron chi connectivity index (χ3n) is 3.04. The summed E-state index contributed by atoms with van der Waals surface area (Å²) in [6, 6.07) is 4.43. The van der Waals surface area contributed by atoms with Gasteiger partial charge in [-0.25, -0.2) is 8.78 Å². The van der Waals surface area contributed by atoms with Gasteiger partial charge in [-0.1, -0.05) is 25.5 Å². The number of hydrogen-bond acceptors (Lipinski definition) is 1. The van der Waals surface area contributed by atoms with E-state index >= 15 is 0 Å². The van der Waals surface area contributed by atoms with Crippen molar-refractivity contribution in [3.8, 4) is 5.75 Å². The molecule has 0 radical (unpaired) electrons. The summed E-state index contributed by atoms with van der Waals surface area (Å²) in [5, 5.41) is -0.0196. The molecule has 4 heteroatoms. The van der Waals surface area contributed by atoms with Crippen molar-refractivity contribution in [3.63, 3.8) is 0 Å². The molecule has 102 valence electrons. The summed E-state index contributed by atoms with van der Waals surface area (Å²) < 4.78 is 46.7. The second kappa shape index (κ2) is 5.51. The Morgan fingerprint density at radius 1 is 1.05 bits per heavy atom. The molecule has 2 aromatic carbocycles. The lowest BCUT2D eigenvalue weighted by Gasteiger charge is -2.10. The molecule has 2 rings (SSSR count). The van der Waals surface area contributed by atoms with Gasteiger partial charge in [-0.3, -0.25) is 0 Å². The number of fused-ring (bicyclic) bond motifs is 1. The molecule has 0 spiro atoms. The lowest BCUT2D eigenvalue weighted by Crippen LogP contribution is -2.02. The molecule has 0 unspecified atom stereocenters. The van der Waals surface area contributed by atoms with Crippen LogP contribution < -0.4 is 4.74 Å². The van der Waals surface area contributed by atoms with Crippen molar-refractivity contribution in [3.05, 3.63) is 41.2 Å². The number of benzene rings is 2. The Hall–Kier alpha value is -1.71. The minimum atomic E-state index is -1.19. The monoisotopic (exact) mass is 268 g/mol. The average molecular weight is 268 g/mol. The van der Waals surface area contributed by atoms with Crippen LogP contribution >= 0.6 is 0 Å². The molecular formula is C15H15F3O. The minimum Gasteiger partial charge on any atom is -0.490 e. The Bertz CT molecular complexity index is 608. The standard InChI is InChI=1S/C15H15F3O/c1-3-4-7-19-11-8-10-6-5-9(2)13(16)12(10)15(18)14(11)17/h5-6,8H,3-4,7H2,1-2H3. The molecule has 0 bridgehead atoms. The van der Waals surface area contributed by atoms with Crippen molar-refractivity contribution in [1.82, 2.24) is 0 Å². The van der Waals surface area contributed by atoms with Gasteiger partial charge in [0.15, 0.2) is 11.6 Å². The quantitative estimate of drug-likeness (QED) is 0.727. The van der Waals surface area contributed by atoms with Gasteiger partial charge in [-0.15, -0.1) is 0 Å². The Kier molecular flexibility index (Phi) is 3.98. The number of unbranched alkanes of at least 4 members (excludes halogenated alkanes) is 1. The van der Waals surface area contributed by atoms with Gasteiger partial charge in [0, 0.05) is 0 Å². The molecule has 0 aliphatic heterocycles. The van der Waals surface area contributed by atoms with Crippen LogP contribution in [0.15, 0.2) is 18.2 Å². The van der Waals surface area contributed by atoms with Gasteiger partial charge in [0.05, 0.1) is 12.0 Å². The predicted molar refractivity (Wildman–Crippen MR) is 69.0 cm³/mol. The molecular weight excluding hydrogens is 253 g/mol. The molecule has 0 atom stereocenters. The fraction of sp³-hybridized carbons (Fsp3) is 0.333. The van der Waals surface area contributed by atoms with E-state index in [4.69, 9.17) is 4.74 Å². The van der Waals surface area contributed by atoms with Crippen LogP contribution in [-0.4, -0.2) is 6.61 Å². The first-order valence-electron chi connectivity index (χ1n) is 6.25. The highest BCUT2D eigenvalue weighted by Gasteiger charge is 2.18. The summed E-state index contributed by atoms with van der Waals surface area (Å²) in [4.78, 5) is 0. The lowest BCUT2D eigenvalue weighted by molar-refractivity contribution is 0.289. The van der Waals surface area contributed by atoms with E-state index in [2.05, 4.69) is 0 Å². The van der Waals surface area contributed by atoms with E-state index in [9.17, 15) is 13.2 Å². The second-order valence-corrected chi connectivity index (χ2v) is 4.50. The van der Waals surface area contributed by atoms with Crippen molar-refractivity contribution < 1.29 is 17.9 Å². The first kappa shape index (κ1) is 13.7. The molecule has 0 aromatic heterocycles. The van der Waals surface area contributed by atoms with Crippen LogP contribution in [0.3, 0.4) is 0 Å². The summed E-state index contributed by atoms with van der Waals surface area (Å²) in [7, 11) is 0. The average Bonchev–Trinajstić information content (AvgIpc) is 2.39. The van der Waals surface area contributed by atoms with E-state index in [1.165, 1.54) is 19.1 Å². The van der Waals surface area contributed by atoms with Gasteiger partial charge >= 0.3 is 0 Å². The van der Waals surface area contributed by atoms with Crippen molar-refractivity contribution in [2.24, 2.45) is 0 Å². The lowest BCUT2D eigenvalue weighted by atomic mass is 10.1. The largest absolute Gasteiger partial charge is 0.490 e. The Labute approximate surface area is 110 Å². The van der Waals surface area contributed by atoms with Crippen LogP contribution in [0.2, 0.25) is 0 Å². The molecule has 19 heavy (non-hydrogen) atoms. The normalized spacial score (nSPS) is 11.0. The maximum Gasteiger partial charge on any atom is 0.201 e. The van der Waals surface area contributed by atoms with Gasteiger partial charge in [-0.2, -0.15) is 4.39 Å². The topological polar surface area (TPSA) is 9.23 Å². The summed E-state index contributed by atoms with van der Waals surface area (Å²) in [6.45, 7) is 3.79. The summed E-state index contributed by atoms with van der Waals surface area (Å²) in [5.74, 6) is -3.21. The van der Waals surface area contributed by atoms with Crippen LogP contribution in [0.4, 0.5) is 13.2 Å². The van der Waals surface area contributed by atoms with Gasteiger partial charge < -0.3 is 4.74 Å². The van der Waals surface area contributed by atoms with E-state index in [1.54, 1.807) is 6.07 Å². The molecule has 0 aliphatic carbocycles. The fourth-order valence-electron chi connectivity index (χ4n) is 1.89. The van der Waals surface area contributed by atoms with Gasteiger partial charge in [-0.05, 0) is 30.4 Å². The first-order valence-corrected chi connectivity index (χ1v) is 6.25. The SMILES string of the molecule is CCCCOc1cc2ccc(C)c(F)c2c(F)c1F. The smallest absolute Gasteiger partial charge is 0.201 e. The van der Waals surface area contributed by atoms with Crippen LogP contribution in [0, 0.1) is 24.4 Å². The maximum atomic E-state index is 13.9. The second-order valence-electron chi connectivity index (χ2n) is 4.50. The Morgan fingerprint density at radius 3 is 2.47 bits per heavy atom. The van der Waals surface area contributed by atoms with Crippen molar-refractivity contribution in [1.29, 1.82) is 0 Å². The highest BCUT2D eigenvalue weighted by Crippen LogP contribution is 2.31. The first-order chi connectivity index (χ1) is 9.06. The number of ether oxygens (including phenoxy) is 1. The molecule has 1 nitrogen and oxygen atoms in total. The van der Waals surface area contributed by atoms with Crippen LogP contribution in [0.25, 0.3) is 10.8 Å². The zero-order valence-corrected chi connectivity index (χ0v) is 10.9. The van der Waals surface area contributed by atoms with Crippen LogP contribution in [0.1, 0.15) is 25.3 Å². The van der Waals surface area contributed by atoms with Crippen molar-refractivity contribution in [2.45, 2.75) is 26.7 Å². The third-order valence-corrected chi connectivity index (χ3v) is 3.04. The molecule has 0 heterocycles. The van der Waals surface area contributed by atoms with Crippen molar-refractivity contribution in [2.75, 3.05) is 6.61 Å². The van der Waals surface area contributed by atoms with Crippen molar-refractivity contribution >= 4 is 10.8 Å². The number of aryl methyl sites for hydroxylation is 1. The third kappa shape index (κ3) is 2.53. The Morgan fingerprint density at radius 2 is 1.79 bits per heavy atom. The van der Waals surface area contributed by atoms with Crippen LogP contribution in [0.5, 0.6) is 5.75 Å². The van der Waals surface area contributed by atoms with E-state index in [-0.39, 0.29) is 16.7 Å². The van der Waals surface area contributed by atoms with E-state index in [0.717, 1.165) is 12.8 Å². The fourth-order valence-corrected chi connectivity index (χ4v) is 1.89. The maximum absolute atomic E-state index is 13.9. The molecule has 2 aromatic rings. The molecule has 0 N–H and O–H groups in total. The molecule has 0 saturated carbocycles. The molecule has 0 saturated heterocycles.